The maximum atomic E-state index is 12.8. The van der Waals surface area contributed by atoms with Crippen LogP contribution in [0.2, 0.25) is 0 Å². The van der Waals surface area contributed by atoms with Crippen molar-refractivity contribution in [3.05, 3.63) is 97.2 Å². The third kappa shape index (κ3) is 61.9. The van der Waals surface area contributed by atoms with Gasteiger partial charge in [-0.2, -0.15) is 0 Å². The highest BCUT2D eigenvalue weighted by Gasteiger charge is 2.29. The van der Waals surface area contributed by atoms with Gasteiger partial charge < -0.3 is 34.2 Å². The van der Waals surface area contributed by atoms with E-state index >= 15 is 0 Å². The Morgan fingerprint density at radius 1 is 0.341 bits per heavy atom. The smallest absolute Gasteiger partial charge is 0.463 e. The summed E-state index contributed by atoms with van der Waals surface area (Å²) in [7, 11) is -9.77. The fraction of sp³-hybridized carbons (Fsp3) is 0.716. The second-order valence-electron chi connectivity index (χ2n) is 21.5. The minimum atomic E-state index is -4.92. The fourth-order valence-corrected chi connectivity index (χ4v) is 9.84. The second kappa shape index (κ2) is 60.7. The van der Waals surface area contributed by atoms with Crippen molar-refractivity contribution in [3.63, 3.8) is 0 Å². The highest BCUT2D eigenvalue weighted by atomic mass is 31.2. The lowest BCUT2D eigenvalue weighted by Crippen LogP contribution is -2.30. The van der Waals surface area contributed by atoms with Crippen LogP contribution in [-0.2, 0) is 55.8 Å². The predicted molar refractivity (Wildman–Crippen MR) is 344 cm³/mol. The SMILES string of the molecule is CC/C=C\C/C=C\C/C=C\C/C=C\C/C=C\CCCCCCCCCC(=O)OCC(O)COP(=O)(O)OCC(O)COP(=O)(O)OCC(COC(=O)CCCCCCC/C=C\C/C=C\CCCCC)OC(=O)CCCCCCC/C=C\CCCC. The number of allylic oxidation sites excluding steroid dienone is 16. The van der Waals surface area contributed by atoms with E-state index in [1.807, 2.05) is 0 Å². The van der Waals surface area contributed by atoms with Crippen LogP contribution in [0.5, 0.6) is 0 Å². The molecular weight excluding hydrogens is 1120 g/mol. The highest BCUT2D eigenvalue weighted by Crippen LogP contribution is 2.45. The Bertz CT molecular complexity index is 1940. The van der Waals surface area contributed by atoms with Crippen molar-refractivity contribution in [2.75, 3.05) is 39.6 Å². The molecule has 0 aliphatic rings. The van der Waals surface area contributed by atoms with Gasteiger partial charge in [-0.1, -0.05) is 214 Å². The summed E-state index contributed by atoms with van der Waals surface area (Å²) in [5.41, 5.74) is 0. The van der Waals surface area contributed by atoms with Gasteiger partial charge in [-0.15, -0.1) is 0 Å². The molecule has 0 bridgehead atoms. The fourth-order valence-electron chi connectivity index (χ4n) is 8.25. The molecule has 0 spiro atoms. The van der Waals surface area contributed by atoms with Gasteiger partial charge in [0.25, 0.3) is 0 Å². The zero-order chi connectivity index (χ0) is 62.4. The van der Waals surface area contributed by atoms with Crippen molar-refractivity contribution in [1.82, 2.24) is 0 Å². The van der Waals surface area contributed by atoms with Gasteiger partial charge in [0, 0.05) is 19.3 Å². The lowest BCUT2D eigenvalue weighted by molar-refractivity contribution is -0.161. The number of carbonyl (C=O) groups excluding carboxylic acids is 3. The Labute approximate surface area is 514 Å². The molecule has 0 radical (unpaired) electrons. The van der Waals surface area contributed by atoms with Crippen LogP contribution in [-0.4, -0.2) is 95.9 Å². The average Bonchev–Trinajstić information content (AvgIpc) is 3.60. The minimum Gasteiger partial charge on any atom is -0.463 e. The molecule has 0 heterocycles. The van der Waals surface area contributed by atoms with Crippen LogP contribution in [0.4, 0.5) is 0 Å². The molecule has 0 rings (SSSR count). The number of phosphoric acid groups is 2. The Balaban J connectivity index is 4.56. The van der Waals surface area contributed by atoms with Gasteiger partial charge in [0.15, 0.2) is 6.10 Å². The first-order valence-corrected chi connectivity index (χ1v) is 35.5. The van der Waals surface area contributed by atoms with Gasteiger partial charge in [0.05, 0.1) is 26.4 Å². The number of hydrogen-bond donors (Lipinski definition) is 4. The first-order valence-electron chi connectivity index (χ1n) is 32.5. The maximum absolute atomic E-state index is 12.8. The lowest BCUT2D eigenvalue weighted by Gasteiger charge is -2.21. The standard InChI is InChI=1S/C67H116O16P2/c1-4-7-10-13-16-19-22-24-26-27-28-29-30-31-32-33-35-37-39-41-44-47-50-53-65(70)77-56-62(68)57-79-84(73,74)80-58-63(69)59-81-85(75,76)82-61-64(83-67(72)55-52-49-46-43-38-21-18-15-12-9-6-3)60-78-66(71)54-51-48-45-42-40-36-34-25-23-20-17-14-11-8-5-2/h7,10,15-20,24-26,28-29,31-32,34,62-64,68-69H,4-6,8-9,11-14,21-23,27,30,33,35-61H2,1-3H3,(H,73,74)(H,75,76)/b10-7-,18-15-,19-16-,20-17-,26-24-,29-28-,32-31-,34-25-. The van der Waals surface area contributed by atoms with Crippen LogP contribution in [0.25, 0.3) is 0 Å². The molecule has 0 amide bonds. The largest absolute Gasteiger partial charge is 0.472 e. The van der Waals surface area contributed by atoms with E-state index in [4.69, 9.17) is 32.3 Å². The number of rotatable bonds is 61. The lowest BCUT2D eigenvalue weighted by atomic mass is 10.1. The molecule has 0 fully saturated rings. The van der Waals surface area contributed by atoms with Crippen molar-refractivity contribution in [3.8, 4) is 0 Å². The van der Waals surface area contributed by atoms with Crippen LogP contribution in [0.3, 0.4) is 0 Å². The van der Waals surface area contributed by atoms with E-state index in [0.717, 1.165) is 161 Å². The molecule has 0 aromatic heterocycles. The maximum Gasteiger partial charge on any atom is 0.472 e. The summed E-state index contributed by atoms with van der Waals surface area (Å²) in [6.45, 7) is 2.43. The number of ether oxygens (including phenoxy) is 3. The van der Waals surface area contributed by atoms with Gasteiger partial charge in [0.1, 0.15) is 25.4 Å². The van der Waals surface area contributed by atoms with E-state index in [2.05, 4.69) is 118 Å². The van der Waals surface area contributed by atoms with Crippen molar-refractivity contribution >= 4 is 33.6 Å². The number of phosphoric ester groups is 2. The molecule has 5 atom stereocenters. The van der Waals surface area contributed by atoms with E-state index in [0.29, 0.717) is 19.3 Å². The van der Waals surface area contributed by atoms with Gasteiger partial charge in [0.2, 0.25) is 0 Å². The molecule has 0 aromatic carbocycles. The molecule has 0 aliphatic heterocycles. The third-order valence-electron chi connectivity index (χ3n) is 13.3. The Hall–Kier alpha value is -3.53. The monoisotopic (exact) mass is 1240 g/mol. The van der Waals surface area contributed by atoms with Gasteiger partial charge >= 0.3 is 33.6 Å². The molecular formula is C67H116O16P2. The quantitative estimate of drug-likeness (QED) is 0.0146. The number of aliphatic hydroxyl groups is 2. The highest BCUT2D eigenvalue weighted by molar-refractivity contribution is 7.47. The number of hydrogen-bond acceptors (Lipinski definition) is 14. The Morgan fingerprint density at radius 2 is 0.635 bits per heavy atom. The molecule has 5 unspecified atom stereocenters. The van der Waals surface area contributed by atoms with E-state index in [-0.39, 0.29) is 19.3 Å². The van der Waals surface area contributed by atoms with E-state index in [1.54, 1.807) is 0 Å². The molecule has 0 saturated carbocycles. The van der Waals surface area contributed by atoms with Crippen LogP contribution in [0.1, 0.15) is 252 Å². The minimum absolute atomic E-state index is 0.0905. The third-order valence-corrected chi connectivity index (χ3v) is 15.2. The summed E-state index contributed by atoms with van der Waals surface area (Å²) in [5, 5.41) is 20.5. The van der Waals surface area contributed by atoms with Crippen LogP contribution in [0, 0.1) is 0 Å². The van der Waals surface area contributed by atoms with Crippen molar-refractivity contribution in [2.45, 2.75) is 270 Å². The number of aliphatic hydroxyl groups excluding tert-OH is 2. The molecule has 4 N–H and O–H groups in total. The molecule has 85 heavy (non-hydrogen) atoms. The zero-order valence-electron chi connectivity index (χ0n) is 52.8. The summed E-state index contributed by atoms with van der Waals surface area (Å²) in [6.07, 6.45) is 64.7. The summed E-state index contributed by atoms with van der Waals surface area (Å²) in [6, 6.07) is 0. The topological polar surface area (TPSA) is 231 Å². The molecule has 16 nitrogen and oxygen atoms in total. The van der Waals surface area contributed by atoms with E-state index in [1.165, 1.54) is 32.1 Å². The predicted octanol–water partition coefficient (Wildman–Crippen LogP) is 17.5. The summed E-state index contributed by atoms with van der Waals surface area (Å²) in [4.78, 5) is 58.2. The summed E-state index contributed by atoms with van der Waals surface area (Å²) >= 11 is 0. The first kappa shape index (κ1) is 81.5. The molecule has 490 valence electrons. The number of unbranched alkanes of at least 4 members (excludes halogenated alkanes) is 22. The van der Waals surface area contributed by atoms with Crippen molar-refractivity contribution in [2.24, 2.45) is 0 Å². The molecule has 0 aromatic rings. The zero-order valence-corrected chi connectivity index (χ0v) is 54.5. The summed E-state index contributed by atoms with van der Waals surface area (Å²) in [5.74, 6) is -1.61. The molecule has 0 aliphatic carbocycles. The number of esters is 3. The molecule has 18 heteroatoms. The molecule has 0 saturated heterocycles. The van der Waals surface area contributed by atoms with Crippen molar-refractivity contribution < 1.29 is 75.8 Å². The van der Waals surface area contributed by atoms with Gasteiger partial charge in [-0.05, 0) is 116 Å². The van der Waals surface area contributed by atoms with E-state index in [9.17, 15) is 43.5 Å². The van der Waals surface area contributed by atoms with Gasteiger partial charge in [-0.25, -0.2) is 9.13 Å². The first-order chi connectivity index (χ1) is 41.2. The summed E-state index contributed by atoms with van der Waals surface area (Å²) < 4.78 is 60.7. The van der Waals surface area contributed by atoms with Gasteiger partial charge in [-0.3, -0.25) is 32.5 Å². The van der Waals surface area contributed by atoms with Crippen LogP contribution < -0.4 is 0 Å². The Kier molecular flexibility index (Phi) is 58.2. The Morgan fingerprint density at radius 3 is 1.04 bits per heavy atom. The van der Waals surface area contributed by atoms with Crippen LogP contribution >= 0.6 is 15.6 Å². The van der Waals surface area contributed by atoms with E-state index < -0.39 is 91.5 Å². The normalized spacial score (nSPS) is 15.0. The number of carbonyl (C=O) groups is 3. The average molecular weight is 1240 g/mol. The van der Waals surface area contributed by atoms with Crippen LogP contribution in [0.15, 0.2) is 97.2 Å². The second-order valence-corrected chi connectivity index (χ2v) is 24.4. The van der Waals surface area contributed by atoms with Crippen molar-refractivity contribution in [1.29, 1.82) is 0 Å².